The van der Waals surface area contributed by atoms with Crippen LogP contribution in [0.1, 0.15) is 0 Å². The maximum absolute atomic E-state index is 4.13. The van der Waals surface area contributed by atoms with Crippen LogP contribution in [-0.4, -0.2) is 11.5 Å². The van der Waals surface area contributed by atoms with E-state index in [0.717, 1.165) is 11.5 Å². The first-order valence-corrected chi connectivity index (χ1v) is 4.84. The number of benzene rings is 1. The zero-order chi connectivity index (χ0) is 7.23. The smallest absolute Gasteiger partial charge is 0.00722 e. The van der Waals surface area contributed by atoms with E-state index in [4.69, 9.17) is 0 Å². The largest absolute Gasteiger partial charge is 0.178 e. The van der Waals surface area contributed by atoms with Crippen LogP contribution in [0.3, 0.4) is 0 Å². The van der Waals surface area contributed by atoms with E-state index in [2.05, 4.69) is 36.9 Å². The quantitative estimate of drug-likeness (QED) is 0.537. The molecule has 1 rings (SSSR count). The summed E-state index contributed by atoms with van der Waals surface area (Å²) in [5, 5.41) is 0. The Morgan fingerprint density at radius 2 is 1.90 bits per heavy atom. The van der Waals surface area contributed by atoms with E-state index >= 15 is 0 Å². The van der Waals surface area contributed by atoms with Crippen molar-refractivity contribution >= 4 is 24.4 Å². The van der Waals surface area contributed by atoms with Gasteiger partial charge in [-0.2, -0.15) is 12.6 Å². The Morgan fingerprint density at radius 1 is 1.20 bits per heavy atom. The number of thioether (sulfide) groups is 1. The van der Waals surface area contributed by atoms with Crippen LogP contribution < -0.4 is 0 Å². The Morgan fingerprint density at radius 3 is 2.50 bits per heavy atom. The van der Waals surface area contributed by atoms with Crippen molar-refractivity contribution in [1.29, 1.82) is 0 Å². The van der Waals surface area contributed by atoms with Crippen molar-refractivity contribution in [3.63, 3.8) is 0 Å². The molecule has 0 N–H and O–H groups in total. The lowest BCUT2D eigenvalue weighted by atomic mass is 10.4. The van der Waals surface area contributed by atoms with Crippen molar-refractivity contribution in [3.05, 3.63) is 30.3 Å². The normalized spacial score (nSPS) is 9.70. The van der Waals surface area contributed by atoms with Crippen molar-refractivity contribution < 1.29 is 0 Å². The molecule has 0 amide bonds. The summed E-state index contributed by atoms with van der Waals surface area (Å²) in [6, 6.07) is 10.4. The molecule has 0 saturated heterocycles. The molecule has 54 valence electrons. The fraction of sp³-hybridized carbons (Fsp3) is 0.250. The zero-order valence-corrected chi connectivity index (χ0v) is 7.37. The molecule has 0 aliphatic carbocycles. The van der Waals surface area contributed by atoms with Gasteiger partial charge in [0, 0.05) is 10.6 Å². The van der Waals surface area contributed by atoms with Gasteiger partial charge in [-0.25, -0.2) is 0 Å². The Bertz CT molecular complexity index is 172. The first-order valence-electron chi connectivity index (χ1n) is 3.22. The molecule has 0 nitrogen and oxygen atoms in total. The summed E-state index contributed by atoms with van der Waals surface area (Å²) in [5.74, 6) is 2.03. The van der Waals surface area contributed by atoms with Crippen LogP contribution in [0, 0.1) is 0 Å². The first kappa shape index (κ1) is 8.02. The molecule has 0 fully saturated rings. The fourth-order valence-electron chi connectivity index (χ4n) is 0.680. The van der Waals surface area contributed by atoms with Gasteiger partial charge in [-0.3, -0.25) is 0 Å². The van der Waals surface area contributed by atoms with Crippen LogP contribution in [0.4, 0.5) is 0 Å². The third-order valence-electron chi connectivity index (χ3n) is 1.10. The third kappa shape index (κ3) is 2.67. The molecule has 0 saturated carbocycles. The minimum Gasteiger partial charge on any atom is -0.178 e. The summed E-state index contributed by atoms with van der Waals surface area (Å²) >= 11 is 5.97. The zero-order valence-electron chi connectivity index (χ0n) is 5.66. The number of hydrogen-bond donors (Lipinski definition) is 1. The second-order valence-corrected chi connectivity index (χ2v) is 3.50. The van der Waals surface area contributed by atoms with Crippen molar-refractivity contribution in [2.45, 2.75) is 4.90 Å². The molecule has 0 bridgehead atoms. The van der Waals surface area contributed by atoms with Gasteiger partial charge in [0.15, 0.2) is 0 Å². The molecule has 0 spiro atoms. The summed E-state index contributed by atoms with van der Waals surface area (Å²) in [6.07, 6.45) is 0. The van der Waals surface area contributed by atoms with Crippen LogP contribution in [0.2, 0.25) is 0 Å². The van der Waals surface area contributed by atoms with Gasteiger partial charge in [0.05, 0.1) is 0 Å². The molecule has 0 aliphatic rings. The fourth-order valence-corrected chi connectivity index (χ4v) is 1.63. The van der Waals surface area contributed by atoms with Crippen LogP contribution >= 0.6 is 24.4 Å². The van der Waals surface area contributed by atoms with Gasteiger partial charge in [0.25, 0.3) is 0 Å². The number of thiol groups is 1. The predicted octanol–water partition coefficient (Wildman–Crippen LogP) is 2.71. The van der Waals surface area contributed by atoms with Crippen LogP contribution in [-0.2, 0) is 0 Å². The van der Waals surface area contributed by atoms with Crippen molar-refractivity contribution in [2.75, 3.05) is 11.5 Å². The van der Waals surface area contributed by atoms with E-state index in [1.54, 1.807) is 0 Å². The van der Waals surface area contributed by atoms with Gasteiger partial charge in [-0.1, -0.05) is 18.2 Å². The SMILES string of the molecule is SCCSc1ccccc1. The summed E-state index contributed by atoms with van der Waals surface area (Å²) < 4.78 is 0. The molecule has 0 radical (unpaired) electrons. The maximum atomic E-state index is 4.13. The van der Waals surface area contributed by atoms with Crippen molar-refractivity contribution in [1.82, 2.24) is 0 Å². The lowest BCUT2D eigenvalue weighted by Crippen LogP contribution is -1.77. The van der Waals surface area contributed by atoms with Gasteiger partial charge in [-0.15, -0.1) is 11.8 Å². The van der Waals surface area contributed by atoms with E-state index in [1.165, 1.54) is 4.90 Å². The standard InChI is InChI=1S/C8H10S2/c9-6-7-10-8-4-2-1-3-5-8/h1-5,9H,6-7H2. The van der Waals surface area contributed by atoms with Gasteiger partial charge in [0.2, 0.25) is 0 Å². The highest BCUT2D eigenvalue weighted by atomic mass is 32.2. The summed E-state index contributed by atoms with van der Waals surface area (Å²) in [4.78, 5) is 1.33. The Labute approximate surface area is 71.4 Å². The maximum Gasteiger partial charge on any atom is 0.00722 e. The van der Waals surface area contributed by atoms with Crippen molar-refractivity contribution in [2.24, 2.45) is 0 Å². The Kier molecular flexibility index (Phi) is 3.76. The van der Waals surface area contributed by atoms with Gasteiger partial charge >= 0.3 is 0 Å². The molecule has 2 heteroatoms. The molecule has 1 aromatic carbocycles. The molecule has 0 unspecified atom stereocenters. The topological polar surface area (TPSA) is 0 Å². The second kappa shape index (κ2) is 4.69. The monoisotopic (exact) mass is 170 g/mol. The molecular formula is C8H10S2. The van der Waals surface area contributed by atoms with Gasteiger partial charge in [-0.05, 0) is 17.9 Å². The highest BCUT2D eigenvalue weighted by Crippen LogP contribution is 2.16. The summed E-state index contributed by atoms with van der Waals surface area (Å²) in [7, 11) is 0. The molecule has 0 aliphatic heterocycles. The molecule has 0 aromatic heterocycles. The summed E-state index contributed by atoms with van der Waals surface area (Å²) in [5.41, 5.74) is 0. The van der Waals surface area contributed by atoms with E-state index in [0.29, 0.717) is 0 Å². The molecule has 0 atom stereocenters. The molecular weight excluding hydrogens is 160 g/mol. The Hall–Kier alpha value is -0.0800. The van der Waals surface area contributed by atoms with E-state index in [-0.39, 0.29) is 0 Å². The molecule has 10 heavy (non-hydrogen) atoms. The van der Waals surface area contributed by atoms with Crippen LogP contribution in [0.15, 0.2) is 35.2 Å². The highest BCUT2D eigenvalue weighted by molar-refractivity contribution is 8.00. The lowest BCUT2D eigenvalue weighted by Gasteiger charge is -1.95. The average molecular weight is 170 g/mol. The van der Waals surface area contributed by atoms with E-state index < -0.39 is 0 Å². The number of rotatable bonds is 3. The summed E-state index contributed by atoms with van der Waals surface area (Å²) in [6.45, 7) is 0. The third-order valence-corrected chi connectivity index (χ3v) is 2.64. The van der Waals surface area contributed by atoms with Crippen LogP contribution in [0.25, 0.3) is 0 Å². The average Bonchev–Trinajstić information content (AvgIpc) is 2.03. The van der Waals surface area contributed by atoms with Crippen molar-refractivity contribution in [3.8, 4) is 0 Å². The predicted molar refractivity (Wildman–Crippen MR) is 51.0 cm³/mol. The van der Waals surface area contributed by atoms with Crippen LogP contribution in [0.5, 0.6) is 0 Å². The number of hydrogen-bond acceptors (Lipinski definition) is 2. The minimum absolute atomic E-state index is 0.944. The van der Waals surface area contributed by atoms with Gasteiger partial charge in [0.1, 0.15) is 0 Å². The van der Waals surface area contributed by atoms with E-state index in [9.17, 15) is 0 Å². The lowest BCUT2D eigenvalue weighted by molar-refractivity contribution is 1.44. The highest BCUT2D eigenvalue weighted by Gasteiger charge is 1.87. The first-order chi connectivity index (χ1) is 4.93. The Balaban J connectivity index is 2.43. The molecule has 1 aromatic rings. The minimum atomic E-state index is 0.944. The second-order valence-electron chi connectivity index (χ2n) is 1.89. The van der Waals surface area contributed by atoms with E-state index in [1.807, 2.05) is 17.8 Å². The molecule has 0 heterocycles. The van der Waals surface area contributed by atoms with Gasteiger partial charge < -0.3 is 0 Å².